The Bertz CT molecular complexity index is 930. The summed E-state index contributed by atoms with van der Waals surface area (Å²) in [6.07, 6.45) is 0. The van der Waals surface area contributed by atoms with Crippen LogP contribution in [0.2, 0.25) is 5.02 Å². The molecule has 0 bridgehead atoms. The third kappa shape index (κ3) is 4.64. The fourth-order valence-electron chi connectivity index (χ4n) is 2.39. The van der Waals surface area contributed by atoms with Crippen molar-refractivity contribution >= 4 is 38.9 Å². The van der Waals surface area contributed by atoms with Crippen molar-refractivity contribution in [2.24, 2.45) is 0 Å². The summed E-state index contributed by atoms with van der Waals surface area (Å²) in [5.41, 5.74) is 0.828. The van der Waals surface area contributed by atoms with Gasteiger partial charge in [0.05, 0.1) is 31.2 Å². The van der Waals surface area contributed by atoms with Gasteiger partial charge in [0, 0.05) is 23.8 Å². The maximum Gasteiger partial charge on any atom is 0.257 e. The van der Waals surface area contributed by atoms with E-state index in [1.165, 1.54) is 40.3 Å². The highest BCUT2D eigenvalue weighted by Crippen LogP contribution is 2.36. The van der Waals surface area contributed by atoms with Gasteiger partial charge in [0.15, 0.2) is 11.5 Å². The molecule has 2 aromatic carbocycles. The van der Waals surface area contributed by atoms with Gasteiger partial charge in [0.2, 0.25) is 10.0 Å². The average Bonchev–Trinajstić information content (AvgIpc) is 2.67. The second kappa shape index (κ2) is 8.49. The Hall–Kier alpha value is -2.45. The molecule has 0 atom stereocenters. The van der Waals surface area contributed by atoms with E-state index in [2.05, 4.69) is 5.32 Å². The van der Waals surface area contributed by atoms with Crippen molar-refractivity contribution in [3.63, 3.8) is 0 Å². The zero-order chi connectivity index (χ0) is 20.2. The number of halogens is 1. The summed E-state index contributed by atoms with van der Waals surface area (Å²) in [6, 6.07) is 9.48. The predicted molar refractivity (Wildman–Crippen MR) is 107 cm³/mol. The van der Waals surface area contributed by atoms with Crippen LogP contribution in [0, 0.1) is 0 Å². The zero-order valence-corrected chi connectivity index (χ0v) is 17.0. The molecule has 2 aromatic rings. The van der Waals surface area contributed by atoms with E-state index in [1.54, 1.807) is 24.3 Å². The molecule has 0 saturated heterocycles. The normalized spacial score (nSPS) is 11.0. The van der Waals surface area contributed by atoms with Gasteiger partial charge in [0.1, 0.15) is 0 Å². The van der Waals surface area contributed by atoms with Gasteiger partial charge in [-0.2, -0.15) is 0 Å². The highest BCUT2D eigenvalue weighted by Gasteiger charge is 2.25. The van der Waals surface area contributed by atoms with Crippen LogP contribution in [0.5, 0.6) is 11.5 Å². The molecule has 0 saturated carbocycles. The van der Waals surface area contributed by atoms with Gasteiger partial charge < -0.3 is 14.8 Å². The number of carbonyl (C=O) groups excluding carboxylic acids is 1. The lowest BCUT2D eigenvalue weighted by molar-refractivity contribution is 0.102. The Morgan fingerprint density at radius 2 is 1.67 bits per heavy atom. The lowest BCUT2D eigenvalue weighted by atomic mass is 10.1. The van der Waals surface area contributed by atoms with Crippen molar-refractivity contribution in [2.75, 3.05) is 36.6 Å². The van der Waals surface area contributed by atoms with Gasteiger partial charge >= 0.3 is 0 Å². The van der Waals surface area contributed by atoms with Crippen LogP contribution in [0.1, 0.15) is 17.3 Å². The van der Waals surface area contributed by atoms with Gasteiger partial charge in [-0.15, -0.1) is 0 Å². The third-order valence-corrected chi connectivity index (χ3v) is 5.98. The second-order valence-electron chi connectivity index (χ2n) is 5.55. The number of rotatable bonds is 7. The van der Waals surface area contributed by atoms with Gasteiger partial charge in [-0.1, -0.05) is 11.6 Å². The van der Waals surface area contributed by atoms with Crippen molar-refractivity contribution in [1.82, 2.24) is 0 Å². The van der Waals surface area contributed by atoms with Gasteiger partial charge in [-0.25, -0.2) is 8.42 Å². The number of sulfonamides is 1. The number of hydrogen-bond donors (Lipinski definition) is 1. The summed E-state index contributed by atoms with van der Waals surface area (Å²) >= 11 is 5.85. The monoisotopic (exact) mass is 412 g/mol. The molecule has 1 amide bonds. The molecular formula is C18H21ClN2O5S. The predicted octanol–water partition coefficient (Wildman–Crippen LogP) is 3.40. The van der Waals surface area contributed by atoms with Crippen LogP contribution in [0.3, 0.4) is 0 Å². The smallest absolute Gasteiger partial charge is 0.257 e. The number of methoxy groups -OCH3 is 2. The molecule has 0 heterocycles. The lowest BCUT2D eigenvalue weighted by Gasteiger charge is -2.23. The van der Waals surface area contributed by atoms with Crippen molar-refractivity contribution in [3.8, 4) is 11.5 Å². The highest BCUT2D eigenvalue weighted by atomic mass is 35.5. The minimum absolute atomic E-state index is 0.115. The minimum Gasteiger partial charge on any atom is -0.493 e. The Morgan fingerprint density at radius 1 is 1.11 bits per heavy atom. The first-order chi connectivity index (χ1) is 12.7. The number of hydrogen-bond acceptors (Lipinski definition) is 5. The van der Waals surface area contributed by atoms with E-state index in [0.29, 0.717) is 22.2 Å². The number of amides is 1. The van der Waals surface area contributed by atoms with E-state index < -0.39 is 15.9 Å². The van der Waals surface area contributed by atoms with E-state index in [1.807, 2.05) is 0 Å². The molecule has 7 nitrogen and oxygen atoms in total. The molecule has 0 aliphatic carbocycles. The van der Waals surface area contributed by atoms with Gasteiger partial charge in [-0.05, 0) is 37.3 Å². The summed E-state index contributed by atoms with van der Waals surface area (Å²) in [5.74, 6) is 0.0146. The minimum atomic E-state index is -3.59. The maximum atomic E-state index is 12.8. The fourth-order valence-corrected chi connectivity index (χ4v) is 3.35. The summed E-state index contributed by atoms with van der Waals surface area (Å²) < 4.78 is 36.2. The van der Waals surface area contributed by atoms with Crippen LogP contribution in [-0.4, -0.2) is 41.3 Å². The summed E-state index contributed by atoms with van der Waals surface area (Å²) in [6.45, 7) is 1.53. The first kappa shape index (κ1) is 20.9. The summed E-state index contributed by atoms with van der Waals surface area (Å²) in [4.78, 5) is 12.8. The van der Waals surface area contributed by atoms with Crippen LogP contribution in [-0.2, 0) is 10.0 Å². The van der Waals surface area contributed by atoms with E-state index in [4.69, 9.17) is 21.1 Å². The largest absolute Gasteiger partial charge is 0.493 e. The quantitative estimate of drug-likeness (QED) is 0.753. The Labute approximate surface area is 163 Å². The number of nitrogens with one attached hydrogen (secondary N) is 1. The third-order valence-electron chi connectivity index (χ3n) is 3.97. The number of ether oxygens (including phenoxy) is 2. The number of benzene rings is 2. The standard InChI is InChI=1S/C18H21ClN2O5S/c1-5-27(23,24)21(2)15-11-17(26-4)16(25-3)10-14(15)18(22)20-13-8-6-12(19)7-9-13/h6-11H,5H2,1-4H3,(H,20,22). The molecule has 0 radical (unpaired) electrons. The van der Waals surface area contributed by atoms with Crippen molar-refractivity contribution in [3.05, 3.63) is 47.0 Å². The zero-order valence-electron chi connectivity index (χ0n) is 15.4. The van der Waals surface area contributed by atoms with Crippen molar-refractivity contribution < 1.29 is 22.7 Å². The molecule has 0 aromatic heterocycles. The molecule has 146 valence electrons. The van der Waals surface area contributed by atoms with Crippen LogP contribution >= 0.6 is 11.6 Å². The molecule has 0 spiro atoms. The van der Waals surface area contributed by atoms with Crippen LogP contribution in [0.15, 0.2) is 36.4 Å². The molecule has 0 fully saturated rings. The highest BCUT2D eigenvalue weighted by molar-refractivity contribution is 7.92. The molecule has 0 aliphatic rings. The van der Waals surface area contributed by atoms with Gasteiger partial charge in [-0.3, -0.25) is 9.10 Å². The first-order valence-corrected chi connectivity index (χ1v) is 10.0. The Kier molecular flexibility index (Phi) is 6.56. The van der Waals surface area contributed by atoms with E-state index in [0.717, 1.165) is 4.31 Å². The number of carbonyl (C=O) groups is 1. The first-order valence-electron chi connectivity index (χ1n) is 8.03. The Balaban J connectivity index is 2.54. The second-order valence-corrected chi connectivity index (χ2v) is 8.28. The summed E-state index contributed by atoms with van der Waals surface area (Å²) in [7, 11) is 0.667. The maximum absolute atomic E-state index is 12.8. The van der Waals surface area contributed by atoms with E-state index in [-0.39, 0.29) is 17.0 Å². The molecule has 2 rings (SSSR count). The van der Waals surface area contributed by atoms with E-state index in [9.17, 15) is 13.2 Å². The van der Waals surface area contributed by atoms with Crippen LogP contribution < -0.4 is 19.1 Å². The van der Waals surface area contributed by atoms with Gasteiger partial charge in [0.25, 0.3) is 5.91 Å². The average molecular weight is 413 g/mol. The van der Waals surface area contributed by atoms with Crippen LogP contribution in [0.4, 0.5) is 11.4 Å². The fraction of sp³-hybridized carbons (Fsp3) is 0.278. The molecule has 27 heavy (non-hydrogen) atoms. The van der Waals surface area contributed by atoms with Crippen LogP contribution in [0.25, 0.3) is 0 Å². The molecular weight excluding hydrogens is 392 g/mol. The SMILES string of the molecule is CCS(=O)(=O)N(C)c1cc(OC)c(OC)cc1C(=O)Nc1ccc(Cl)cc1. The topological polar surface area (TPSA) is 84.9 Å². The Morgan fingerprint density at radius 3 is 2.19 bits per heavy atom. The molecule has 1 N–H and O–H groups in total. The summed E-state index contributed by atoms with van der Waals surface area (Å²) in [5, 5.41) is 3.26. The number of nitrogens with zero attached hydrogens (tertiary/aromatic N) is 1. The van der Waals surface area contributed by atoms with Crippen molar-refractivity contribution in [1.29, 1.82) is 0 Å². The molecule has 0 aliphatic heterocycles. The lowest BCUT2D eigenvalue weighted by Crippen LogP contribution is -2.30. The molecule has 0 unspecified atom stereocenters. The van der Waals surface area contributed by atoms with Crippen molar-refractivity contribution in [2.45, 2.75) is 6.92 Å². The van der Waals surface area contributed by atoms with E-state index >= 15 is 0 Å². The molecule has 9 heteroatoms. The number of anilines is 2.